The zero-order chi connectivity index (χ0) is 17.2. The summed E-state index contributed by atoms with van der Waals surface area (Å²) in [6.07, 6.45) is -1.55. The highest BCUT2D eigenvalue weighted by atomic mass is 32.2. The van der Waals surface area contributed by atoms with Crippen molar-refractivity contribution in [3.8, 4) is 0 Å². The highest BCUT2D eigenvalue weighted by Gasteiger charge is 2.21. The number of aliphatic hydroxyl groups is 3. The van der Waals surface area contributed by atoms with Gasteiger partial charge in [-0.25, -0.2) is 0 Å². The predicted octanol–water partition coefficient (Wildman–Crippen LogP) is 3.28. The van der Waals surface area contributed by atoms with E-state index in [4.69, 9.17) is 5.11 Å². The number of hydrogen-bond donors (Lipinski definition) is 3. The van der Waals surface area contributed by atoms with Crippen molar-refractivity contribution in [3.63, 3.8) is 0 Å². The molecule has 0 unspecified atom stereocenters. The number of rotatable bonds is 10. The highest BCUT2D eigenvalue weighted by Crippen LogP contribution is 2.33. The standard InChI is InChI=1S/C19H24O3S2/c20-12-18(22)17(21)11-19(23-13-15-7-3-1-4-8-15)24-14-16-9-5-2-6-10-16/h1-10,17-22H,11-14H2/t17-,18-/m1/s1. The maximum atomic E-state index is 10.0. The molecule has 0 amide bonds. The summed E-state index contributed by atoms with van der Waals surface area (Å²) in [7, 11) is 0. The van der Waals surface area contributed by atoms with Crippen molar-refractivity contribution >= 4 is 23.5 Å². The number of aliphatic hydroxyl groups excluding tert-OH is 3. The maximum Gasteiger partial charge on any atom is 0.103 e. The van der Waals surface area contributed by atoms with Crippen LogP contribution in [-0.4, -0.2) is 38.7 Å². The van der Waals surface area contributed by atoms with E-state index in [0.717, 1.165) is 11.5 Å². The zero-order valence-electron chi connectivity index (χ0n) is 13.5. The van der Waals surface area contributed by atoms with Gasteiger partial charge in [-0.2, -0.15) is 0 Å². The van der Waals surface area contributed by atoms with Crippen LogP contribution >= 0.6 is 23.5 Å². The molecule has 0 saturated heterocycles. The van der Waals surface area contributed by atoms with Crippen molar-refractivity contribution in [1.82, 2.24) is 0 Å². The number of hydrogen-bond acceptors (Lipinski definition) is 5. The third-order valence-electron chi connectivity index (χ3n) is 3.62. The summed E-state index contributed by atoms with van der Waals surface area (Å²) in [6, 6.07) is 20.4. The Kier molecular flexibility index (Phi) is 8.70. The molecule has 0 saturated carbocycles. The smallest absolute Gasteiger partial charge is 0.103 e. The molecule has 0 aliphatic carbocycles. The Morgan fingerprint density at radius 1 is 0.708 bits per heavy atom. The summed E-state index contributed by atoms with van der Waals surface area (Å²) in [5.41, 5.74) is 2.48. The molecule has 0 bridgehead atoms. The summed E-state index contributed by atoms with van der Waals surface area (Å²) >= 11 is 3.52. The first-order valence-electron chi connectivity index (χ1n) is 7.97. The number of benzene rings is 2. The topological polar surface area (TPSA) is 60.7 Å². The van der Waals surface area contributed by atoms with E-state index >= 15 is 0 Å². The van der Waals surface area contributed by atoms with Crippen LogP contribution in [0.2, 0.25) is 0 Å². The third-order valence-corrected chi connectivity index (χ3v) is 6.57. The lowest BCUT2D eigenvalue weighted by atomic mass is 10.2. The summed E-state index contributed by atoms with van der Waals surface area (Å²) in [5.74, 6) is 1.71. The Morgan fingerprint density at radius 3 is 1.58 bits per heavy atom. The van der Waals surface area contributed by atoms with Gasteiger partial charge in [-0.3, -0.25) is 0 Å². The van der Waals surface area contributed by atoms with Crippen LogP contribution in [0.25, 0.3) is 0 Å². The SMILES string of the molecule is OC[C@@H](O)[C@H](O)CC(SCc1ccccc1)SCc1ccccc1. The molecule has 5 heteroatoms. The fourth-order valence-corrected chi connectivity index (χ4v) is 4.79. The first-order valence-corrected chi connectivity index (χ1v) is 10.1. The third kappa shape index (κ3) is 6.87. The van der Waals surface area contributed by atoms with Crippen molar-refractivity contribution in [2.45, 2.75) is 34.7 Å². The van der Waals surface area contributed by atoms with E-state index in [1.807, 2.05) is 36.4 Å². The van der Waals surface area contributed by atoms with E-state index in [2.05, 4.69) is 24.3 Å². The zero-order valence-corrected chi connectivity index (χ0v) is 15.1. The Balaban J connectivity index is 1.92. The molecule has 2 atom stereocenters. The first-order chi connectivity index (χ1) is 11.7. The molecule has 0 aliphatic rings. The van der Waals surface area contributed by atoms with Gasteiger partial charge >= 0.3 is 0 Å². The Bertz CT molecular complexity index is 522. The van der Waals surface area contributed by atoms with Crippen molar-refractivity contribution in [1.29, 1.82) is 0 Å². The summed E-state index contributed by atoms with van der Waals surface area (Å²) < 4.78 is 0.140. The van der Waals surface area contributed by atoms with E-state index in [1.54, 1.807) is 23.5 Å². The average Bonchev–Trinajstić information content (AvgIpc) is 2.64. The van der Waals surface area contributed by atoms with Crippen molar-refractivity contribution in [2.24, 2.45) is 0 Å². The van der Waals surface area contributed by atoms with E-state index in [0.29, 0.717) is 6.42 Å². The normalized spacial score (nSPS) is 13.8. The van der Waals surface area contributed by atoms with Gasteiger partial charge in [0.15, 0.2) is 0 Å². The molecule has 0 radical (unpaired) electrons. The van der Waals surface area contributed by atoms with Crippen LogP contribution in [-0.2, 0) is 11.5 Å². The molecule has 0 aromatic heterocycles. The Morgan fingerprint density at radius 2 is 1.17 bits per heavy atom. The molecule has 0 fully saturated rings. The van der Waals surface area contributed by atoms with Crippen molar-refractivity contribution in [2.75, 3.05) is 6.61 Å². The number of thioether (sulfide) groups is 2. The molecule has 0 heterocycles. The van der Waals surface area contributed by atoms with Gasteiger partial charge in [0, 0.05) is 11.5 Å². The second-order valence-corrected chi connectivity index (χ2v) is 8.26. The van der Waals surface area contributed by atoms with Gasteiger partial charge < -0.3 is 15.3 Å². The monoisotopic (exact) mass is 364 g/mol. The summed E-state index contributed by atoms with van der Waals surface area (Å²) in [4.78, 5) is 0. The lowest BCUT2D eigenvalue weighted by Crippen LogP contribution is -2.31. The van der Waals surface area contributed by atoms with E-state index in [1.165, 1.54) is 11.1 Å². The first kappa shape index (κ1) is 19.3. The summed E-state index contributed by atoms with van der Waals surface area (Å²) in [5, 5.41) is 28.7. The van der Waals surface area contributed by atoms with Crippen LogP contribution in [0.15, 0.2) is 60.7 Å². The molecule has 2 aromatic carbocycles. The van der Waals surface area contributed by atoms with Crippen LogP contribution in [0, 0.1) is 0 Å². The average molecular weight is 365 g/mol. The minimum absolute atomic E-state index is 0.140. The maximum absolute atomic E-state index is 10.0. The van der Waals surface area contributed by atoms with Gasteiger partial charge in [0.1, 0.15) is 6.10 Å². The van der Waals surface area contributed by atoms with Gasteiger partial charge in [-0.15, -0.1) is 23.5 Å². The fraction of sp³-hybridized carbons (Fsp3) is 0.368. The van der Waals surface area contributed by atoms with Crippen LogP contribution < -0.4 is 0 Å². The molecule has 0 spiro atoms. The van der Waals surface area contributed by atoms with Gasteiger partial charge in [-0.1, -0.05) is 60.7 Å². The Labute approximate surface area is 152 Å². The van der Waals surface area contributed by atoms with Crippen LogP contribution in [0.4, 0.5) is 0 Å². The van der Waals surface area contributed by atoms with E-state index < -0.39 is 18.8 Å². The van der Waals surface area contributed by atoms with Gasteiger partial charge in [-0.05, 0) is 17.5 Å². The molecule has 3 nitrogen and oxygen atoms in total. The van der Waals surface area contributed by atoms with E-state index in [-0.39, 0.29) is 4.58 Å². The molecule has 2 rings (SSSR count). The quantitative estimate of drug-likeness (QED) is 0.565. The molecular weight excluding hydrogens is 340 g/mol. The second kappa shape index (κ2) is 10.8. The minimum Gasteiger partial charge on any atom is -0.394 e. The molecule has 130 valence electrons. The van der Waals surface area contributed by atoms with Crippen molar-refractivity contribution < 1.29 is 15.3 Å². The van der Waals surface area contributed by atoms with Gasteiger partial charge in [0.25, 0.3) is 0 Å². The summed E-state index contributed by atoms with van der Waals surface area (Å²) in [6.45, 7) is -0.416. The van der Waals surface area contributed by atoms with E-state index in [9.17, 15) is 10.2 Å². The lowest BCUT2D eigenvalue weighted by molar-refractivity contribution is -0.0154. The molecule has 3 N–H and O–H groups in total. The molecule has 0 aliphatic heterocycles. The molecule has 2 aromatic rings. The van der Waals surface area contributed by atoms with Crippen LogP contribution in [0.1, 0.15) is 17.5 Å². The second-order valence-electron chi connectivity index (χ2n) is 5.58. The largest absolute Gasteiger partial charge is 0.394 e. The molecular formula is C19H24O3S2. The van der Waals surface area contributed by atoms with Crippen LogP contribution in [0.3, 0.4) is 0 Å². The van der Waals surface area contributed by atoms with Crippen molar-refractivity contribution in [3.05, 3.63) is 71.8 Å². The van der Waals surface area contributed by atoms with Gasteiger partial charge in [0.05, 0.1) is 17.3 Å². The predicted molar refractivity (Wildman–Crippen MR) is 103 cm³/mol. The molecule has 24 heavy (non-hydrogen) atoms. The van der Waals surface area contributed by atoms with Crippen LogP contribution in [0.5, 0.6) is 0 Å². The lowest BCUT2D eigenvalue weighted by Gasteiger charge is -2.22. The minimum atomic E-state index is -1.08. The fourth-order valence-electron chi connectivity index (χ4n) is 2.19. The Hall–Kier alpha value is -0.980. The highest BCUT2D eigenvalue weighted by molar-refractivity contribution is 8.16. The van der Waals surface area contributed by atoms with Gasteiger partial charge in [0.2, 0.25) is 0 Å².